The van der Waals surface area contributed by atoms with Crippen LogP contribution < -0.4 is 5.32 Å². The SMILES string of the molecule is CC(C)(C)OC(=O)NC1(c2cc(F)c(Cl)c(F)c2)CN(C(=O)OC(C)(C)C)C1. The minimum absolute atomic E-state index is 0.0400. The van der Waals surface area contributed by atoms with E-state index in [0.717, 1.165) is 12.1 Å². The van der Waals surface area contributed by atoms with Crippen molar-refractivity contribution in [1.82, 2.24) is 10.2 Å². The fraction of sp³-hybridized carbons (Fsp3) is 0.579. The molecule has 28 heavy (non-hydrogen) atoms. The minimum Gasteiger partial charge on any atom is -0.444 e. The number of halogens is 3. The number of ether oxygens (including phenoxy) is 2. The number of carbonyl (C=O) groups excluding carboxylic acids is 2. The number of nitrogens with zero attached hydrogens (tertiary/aromatic N) is 1. The van der Waals surface area contributed by atoms with E-state index in [0.29, 0.717) is 0 Å². The summed E-state index contributed by atoms with van der Waals surface area (Å²) in [6.07, 6.45) is -1.36. The molecule has 0 radical (unpaired) electrons. The van der Waals surface area contributed by atoms with Gasteiger partial charge in [-0.05, 0) is 59.2 Å². The van der Waals surface area contributed by atoms with E-state index in [1.165, 1.54) is 4.90 Å². The highest BCUT2D eigenvalue weighted by atomic mass is 35.5. The number of nitrogens with one attached hydrogen (secondary N) is 1. The largest absolute Gasteiger partial charge is 0.444 e. The molecule has 0 spiro atoms. The maximum Gasteiger partial charge on any atom is 0.410 e. The smallest absolute Gasteiger partial charge is 0.410 e. The molecule has 9 heteroatoms. The van der Waals surface area contributed by atoms with Gasteiger partial charge in [-0.1, -0.05) is 11.6 Å². The number of alkyl carbamates (subject to hydrolysis) is 1. The Kier molecular flexibility index (Phi) is 5.86. The lowest BCUT2D eigenvalue weighted by molar-refractivity contribution is -0.0231. The minimum atomic E-state index is -1.23. The Morgan fingerprint density at radius 2 is 1.50 bits per heavy atom. The summed E-state index contributed by atoms with van der Waals surface area (Å²) in [5.74, 6) is -1.92. The molecule has 1 aliphatic rings. The van der Waals surface area contributed by atoms with Gasteiger partial charge in [0.2, 0.25) is 0 Å². The van der Waals surface area contributed by atoms with Crippen LogP contribution in [0.3, 0.4) is 0 Å². The van der Waals surface area contributed by atoms with Gasteiger partial charge >= 0.3 is 12.2 Å². The zero-order valence-electron chi connectivity index (χ0n) is 16.8. The summed E-state index contributed by atoms with van der Waals surface area (Å²) in [5.41, 5.74) is -2.56. The van der Waals surface area contributed by atoms with Crippen molar-refractivity contribution in [1.29, 1.82) is 0 Å². The summed E-state index contributed by atoms with van der Waals surface area (Å²) in [6, 6.07) is 2.07. The Morgan fingerprint density at radius 3 is 1.93 bits per heavy atom. The average molecular weight is 419 g/mol. The molecular formula is C19H25ClF2N2O4. The van der Waals surface area contributed by atoms with Gasteiger partial charge in [0.1, 0.15) is 33.4 Å². The molecule has 0 unspecified atom stereocenters. The van der Waals surface area contributed by atoms with Crippen LogP contribution in [-0.4, -0.2) is 41.4 Å². The van der Waals surface area contributed by atoms with E-state index >= 15 is 0 Å². The maximum absolute atomic E-state index is 14.0. The molecule has 1 N–H and O–H groups in total. The first-order chi connectivity index (χ1) is 12.6. The quantitative estimate of drug-likeness (QED) is 0.713. The van der Waals surface area contributed by atoms with E-state index in [9.17, 15) is 18.4 Å². The third kappa shape index (κ3) is 5.25. The van der Waals surface area contributed by atoms with E-state index in [1.807, 2.05) is 0 Å². The van der Waals surface area contributed by atoms with Gasteiger partial charge in [0, 0.05) is 0 Å². The Balaban J connectivity index is 2.29. The molecule has 1 aromatic carbocycles. The Labute approximate surface area is 168 Å². The van der Waals surface area contributed by atoms with Gasteiger partial charge in [-0.3, -0.25) is 0 Å². The van der Waals surface area contributed by atoms with Gasteiger partial charge in [-0.15, -0.1) is 0 Å². The molecule has 0 atom stereocenters. The van der Waals surface area contributed by atoms with Crippen LogP contribution in [0.15, 0.2) is 12.1 Å². The van der Waals surface area contributed by atoms with Gasteiger partial charge < -0.3 is 19.7 Å². The molecule has 1 fully saturated rings. The van der Waals surface area contributed by atoms with Crippen LogP contribution in [0.25, 0.3) is 0 Å². The first-order valence-electron chi connectivity index (χ1n) is 8.76. The van der Waals surface area contributed by atoms with Gasteiger partial charge in [0.05, 0.1) is 13.1 Å². The number of hydrogen-bond acceptors (Lipinski definition) is 4. The summed E-state index contributed by atoms with van der Waals surface area (Å²) in [4.78, 5) is 25.9. The van der Waals surface area contributed by atoms with Crippen molar-refractivity contribution >= 4 is 23.8 Å². The lowest BCUT2D eigenvalue weighted by atomic mass is 9.82. The van der Waals surface area contributed by atoms with Gasteiger partial charge in [0.25, 0.3) is 0 Å². The molecule has 0 aromatic heterocycles. The second-order valence-corrected chi connectivity index (χ2v) is 9.18. The van der Waals surface area contributed by atoms with Crippen molar-refractivity contribution in [2.24, 2.45) is 0 Å². The van der Waals surface area contributed by atoms with Crippen molar-refractivity contribution in [2.75, 3.05) is 13.1 Å². The maximum atomic E-state index is 14.0. The lowest BCUT2D eigenvalue weighted by Gasteiger charge is -2.50. The van der Waals surface area contributed by atoms with Crippen molar-refractivity contribution in [2.45, 2.75) is 58.3 Å². The zero-order chi connectivity index (χ0) is 21.5. The molecule has 2 amide bonds. The van der Waals surface area contributed by atoms with Crippen molar-refractivity contribution in [3.8, 4) is 0 Å². The lowest BCUT2D eigenvalue weighted by Crippen LogP contribution is -2.69. The molecule has 6 nitrogen and oxygen atoms in total. The molecule has 2 rings (SSSR count). The number of benzene rings is 1. The summed E-state index contributed by atoms with van der Waals surface area (Å²) >= 11 is 5.56. The molecule has 1 heterocycles. The third-order valence-electron chi connectivity index (χ3n) is 3.85. The Hall–Kier alpha value is -2.09. The number of rotatable bonds is 2. The summed E-state index contributed by atoms with van der Waals surface area (Å²) in [6.45, 7) is 10.2. The fourth-order valence-corrected chi connectivity index (χ4v) is 2.83. The van der Waals surface area contributed by atoms with Gasteiger partial charge in [-0.25, -0.2) is 18.4 Å². The topological polar surface area (TPSA) is 67.9 Å². The van der Waals surface area contributed by atoms with Crippen molar-refractivity contribution in [3.63, 3.8) is 0 Å². The summed E-state index contributed by atoms with van der Waals surface area (Å²) < 4.78 is 38.5. The highest BCUT2D eigenvalue weighted by Gasteiger charge is 2.50. The number of carbonyl (C=O) groups is 2. The van der Waals surface area contributed by atoms with Crippen molar-refractivity contribution < 1.29 is 27.8 Å². The highest BCUT2D eigenvalue weighted by molar-refractivity contribution is 6.30. The van der Waals surface area contributed by atoms with Crippen LogP contribution >= 0.6 is 11.6 Å². The first-order valence-corrected chi connectivity index (χ1v) is 9.14. The molecule has 0 bridgehead atoms. The number of hydrogen-bond donors (Lipinski definition) is 1. The highest BCUT2D eigenvalue weighted by Crippen LogP contribution is 2.36. The Bertz CT molecular complexity index is 758. The monoisotopic (exact) mass is 418 g/mol. The normalized spacial score (nSPS) is 16.2. The molecule has 1 aromatic rings. The average Bonchev–Trinajstić information content (AvgIpc) is 2.43. The van der Waals surface area contributed by atoms with Crippen LogP contribution in [0.2, 0.25) is 5.02 Å². The van der Waals surface area contributed by atoms with E-state index in [4.69, 9.17) is 21.1 Å². The van der Waals surface area contributed by atoms with Crippen LogP contribution in [0.5, 0.6) is 0 Å². The number of amides is 2. The zero-order valence-corrected chi connectivity index (χ0v) is 17.5. The molecular weight excluding hydrogens is 394 g/mol. The van der Waals surface area contributed by atoms with E-state index in [2.05, 4.69) is 5.32 Å². The Morgan fingerprint density at radius 1 is 1.04 bits per heavy atom. The van der Waals surface area contributed by atoms with E-state index in [1.54, 1.807) is 41.5 Å². The fourth-order valence-electron chi connectivity index (χ4n) is 2.73. The van der Waals surface area contributed by atoms with Crippen molar-refractivity contribution in [3.05, 3.63) is 34.4 Å². The second-order valence-electron chi connectivity index (χ2n) is 8.80. The van der Waals surface area contributed by atoms with Crippen LogP contribution in [0.4, 0.5) is 18.4 Å². The predicted molar refractivity (Wildman–Crippen MR) is 100 cm³/mol. The van der Waals surface area contributed by atoms with Gasteiger partial charge in [-0.2, -0.15) is 0 Å². The number of likely N-dealkylation sites (tertiary alicyclic amines) is 1. The van der Waals surface area contributed by atoms with E-state index in [-0.39, 0.29) is 18.7 Å². The van der Waals surface area contributed by atoms with Gasteiger partial charge in [0.15, 0.2) is 0 Å². The first kappa shape index (κ1) is 22.2. The molecule has 0 aliphatic carbocycles. The molecule has 0 saturated carbocycles. The van der Waals surface area contributed by atoms with Crippen LogP contribution in [0, 0.1) is 11.6 Å². The van der Waals surface area contributed by atoms with E-state index < -0.39 is 45.6 Å². The summed E-state index contributed by atoms with van der Waals surface area (Å²) in [7, 11) is 0. The van der Waals surface area contributed by atoms with Crippen LogP contribution in [-0.2, 0) is 15.0 Å². The predicted octanol–water partition coefficient (Wildman–Crippen LogP) is 4.59. The third-order valence-corrected chi connectivity index (χ3v) is 4.21. The molecule has 1 saturated heterocycles. The molecule has 156 valence electrons. The molecule has 1 aliphatic heterocycles. The van der Waals surface area contributed by atoms with Crippen LogP contribution in [0.1, 0.15) is 47.1 Å². The summed E-state index contributed by atoms with van der Waals surface area (Å²) in [5, 5.41) is 2.00. The second kappa shape index (κ2) is 7.39. The standard InChI is InChI=1S/C19H25ClF2N2O4/c1-17(2,3)27-15(25)23-19(11-7-12(21)14(20)13(22)8-11)9-24(10-19)16(26)28-18(4,5)6/h7-8H,9-10H2,1-6H3,(H,23,25).